The maximum atomic E-state index is 12.7. The summed E-state index contributed by atoms with van der Waals surface area (Å²) in [7, 11) is 6.32. The average Bonchev–Trinajstić information content (AvgIpc) is 2.95. The van der Waals surface area contributed by atoms with Gasteiger partial charge < -0.3 is 18.9 Å². The minimum Gasteiger partial charge on any atom is -0.493 e. The molecule has 0 saturated heterocycles. The highest BCUT2D eigenvalue weighted by molar-refractivity contribution is 6.16. The van der Waals surface area contributed by atoms with E-state index in [1.807, 2.05) is 30.3 Å². The summed E-state index contributed by atoms with van der Waals surface area (Å²) in [4.78, 5) is 12.7. The van der Waals surface area contributed by atoms with Crippen molar-refractivity contribution in [2.75, 3.05) is 28.4 Å². The minimum absolute atomic E-state index is 0.00531. The van der Waals surface area contributed by atoms with E-state index >= 15 is 0 Å². The predicted molar refractivity (Wildman–Crippen MR) is 95.1 cm³/mol. The molecule has 0 fully saturated rings. The lowest BCUT2D eigenvalue weighted by Gasteiger charge is -2.08. The number of hydrogen-bond acceptors (Lipinski definition) is 5. The molecule has 0 N–H and O–H groups in total. The third-order valence-electron chi connectivity index (χ3n) is 4.28. The van der Waals surface area contributed by atoms with Crippen molar-refractivity contribution in [3.05, 3.63) is 52.6 Å². The van der Waals surface area contributed by atoms with Gasteiger partial charge in [-0.05, 0) is 41.5 Å². The summed E-state index contributed by atoms with van der Waals surface area (Å²) >= 11 is 0. The van der Waals surface area contributed by atoms with Crippen LogP contribution in [0, 0.1) is 0 Å². The predicted octanol–water partition coefficient (Wildman–Crippen LogP) is 3.54. The monoisotopic (exact) mass is 340 g/mol. The van der Waals surface area contributed by atoms with Gasteiger partial charge in [-0.25, -0.2) is 0 Å². The molecule has 0 bridgehead atoms. The van der Waals surface area contributed by atoms with E-state index in [2.05, 4.69) is 0 Å². The molecule has 0 amide bonds. The Morgan fingerprint density at radius 2 is 1.40 bits per heavy atom. The number of methoxy groups -OCH3 is 4. The number of rotatable bonds is 5. The molecule has 0 heterocycles. The van der Waals surface area contributed by atoms with E-state index < -0.39 is 0 Å². The smallest absolute Gasteiger partial charge is 0.189 e. The molecular weight excluding hydrogens is 320 g/mol. The van der Waals surface area contributed by atoms with E-state index in [0.717, 1.165) is 16.7 Å². The van der Waals surface area contributed by atoms with Crippen LogP contribution in [0.2, 0.25) is 0 Å². The number of ether oxygens (including phenoxy) is 4. The van der Waals surface area contributed by atoms with Gasteiger partial charge in [-0.2, -0.15) is 0 Å². The molecule has 2 aromatic carbocycles. The average molecular weight is 340 g/mol. The molecule has 1 aliphatic carbocycles. The van der Waals surface area contributed by atoms with Crippen LogP contribution in [0.4, 0.5) is 0 Å². The van der Waals surface area contributed by atoms with Crippen LogP contribution in [0.3, 0.4) is 0 Å². The van der Waals surface area contributed by atoms with Crippen molar-refractivity contribution in [2.45, 2.75) is 6.42 Å². The maximum absolute atomic E-state index is 12.7. The normalized spacial score (nSPS) is 14.4. The summed E-state index contributed by atoms with van der Waals surface area (Å²) in [6.07, 6.45) is 2.44. The van der Waals surface area contributed by atoms with Crippen molar-refractivity contribution in [1.82, 2.24) is 0 Å². The molecule has 5 heteroatoms. The Labute approximate surface area is 146 Å². The van der Waals surface area contributed by atoms with Crippen molar-refractivity contribution in [1.29, 1.82) is 0 Å². The van der Waals surface area contributed by atoms with Gasteiger partial charge in [0.15, 0.2) is 28.8 Å². The summed E-state index contributed by atoms with van der Waals surface area (Å²) in [6, 6.07) is 9.17. The van der Waals surface area contributed by atoms with Crippen LogP contribution in [0.5, 0.6) is 23.0 Å². The molecule has 0 saturated carbocycles. The van der Waals surface area contributed by atoms with Crippen molar-refractivity contribution >= 4 is 11.9 Å². The summed E-state index contributed by atoms with van der Waals surface area (Å²) in [6.45, 7) is 0. The molecule has 0 aromatic heterocycles. The van der Waals surface area contributed by atoms with Crippen molar-refractivity contribution in [3.63, 3.8) is 0 Å². The molecular formula is C20H20O5. The van der Waals surface area contributed by atoms with Gasteiger partial charge in [0.05, 0.1) is 28.4 Å². The molecule has 0 atom stereocenters. The molecule has 25 heavy (non-hydrogen) atoms. The Morgan fingerprint density at radius 1 is 0.800 bits per heavy atom. The molecule has 3 rings (SSSR count). The van der Waals surface area contributed by atoms with Gasteiger partial charge in [-0.3, -0.25) is 4.79 Å². The fourth-order valence-corrected chi connectivity index (χ4v) is 3.00. The third kappa shape index (κ3) is 3.05. The van der Waals surface area contributed by atoms with Crippen molar-refractivity contribution < 1.29 is 23.7 Å². The Bertz CT molecular complexity index is 851. The molecule has 0 radical (unpaired) electrons. The number of carbonyl (C=O) groups is 1. The number of fused-ring (bicyclic) bond motifs is 1. The topological polar surface area (TPSA) is 54.0 Å². The van der Waals surface area contributed by atoms with Crippen molar-refractivity contribution in [3.8, 4) is 23.0 Å². The van der Waals surface area contributed by atoms with Crippen molar-refractivity contribution in [2.24, 2.45) is 0 Å². The fraction of sp³-hybridized carbons (Fsp3) is 0.250. The van der Waals surface area contributed by atoms with Gasteiger partial charge in [0.1, 0.15) is 0 Å². The Morgan fingerprint density at radius 3 is 2.04 bits per heavy atom. The number of benzene rings is 2. The van der Waals surface area contributed by atoms with E-state index in [-0.39, 0.29) is 5.78 Å². The van der Waals surface area contributed by atoms with Crippen LogP contribution >= 0.6 is 0 Å². The first-order valence-electron chi connectivity index (χ1n) is 7.83. The standard InChI is InChI=1S/C20H20O5/c1-22-16-6-5-12(8-17(16)23-2)7-14-9-13-10-18(24-3)19(25-4)11-15(13)20(14)21/h5-8,10-11H,9H2,1-4H3/b14-7-. The van der Waals surface area contributed by atoms with E-state index in [4.69, 9.17) is 18.9 Å². The lowest BCUT2D eigenvalue weighted by molar-refractivity contribution is 0.104. The summed E-state index contributed by atoms with van der Waals surface area (Å²) < 4.78 is 21.2. The number of ketones is 1. The SMILES string of the molecule is COc1ccc(/C=C2/Cc3cc(OC)c(OC)cc3C2=O)cc1OC. The van der Waals surface area contributed by atoms with E-state index in [0.29, 0.717) is 35.0 Å². The fourth-order valence-electron chi connectivity index (χ4n) is 3.00. The lowest BCUT2D eigenvalue weighted by Crippen LogP contribution is -1.98. The minimum atomic E-state index is 0.00531. The zero-order valence-corrected chi connectivity index (χ0v) is 14.7. The van der Waals surface area contributed by atoms with Crippen LogP contribution in [0.15, 0.2) is 35.9 Å². The molecule has 1 aliphatic rings. The molecule has 0 aliphatic heterocycles. The van der Waals surface area contributed by atoms with E-state index in [9.17, 15) is 4.79 Å². The van der Waals surface area contributed by atoms with Gasteiger partial charge >= 0.3 is 0 Å². The number of hydrogen-bond donors (Lipinski definition) is 0. The molecule has 5 nitrogen and oxygen atoms in total. The van der Waals surface area contributed by atoms with Crippen LogP contribution in [0.25, 0.3) is 6.08 Å². The van der Waals surface area contributed by atoms with Gasteiger partial charge in [-0.15, -0.1) is 0 Å². The lowest BCUT2D eigenvalue weighted by atomic mass is 10.1. The Balaban J connectivity index is 1.97. The highest BCUT2D eigenvalue weighted by Crippen LogP contribution is 2.37. The zero-order chi connectivity index (χ0) is 18.0. The summed E-state index contributed by atoms with van der Waals surface area (Å²) in [5.41, 5.74) is 3.20. The second-order valence-corrected chi connectivity index (χ2v) is 5.65. The van der Waals surface area contributed by atoms with Gasteiger partial charge in [0.25, 0.3) is 0 Å². The number of carbonyl (C=O) groups excluding carboxylic acids is 1. The van der Waals surface area contributed by atoms with Crippen LogP contribution in [0.1, 0.15) is 21.5 Å². The highest BCUT2D eigenvalue weighted by atomic mass is 16.5. The van der Waals surface area contributed by atoms with Crippen LogP contribution in [-0.2, 0) is 6.42 Å². The Hall–Kier alpha value is -2.95. The first kappa shape index (κ1) is 16.9. The second kappa shape index (κ2) is 6.89. The van der Waals surface area contributed by atoms with Gasteiger partial charge in [0, 0.05) is 17.6 Å². The highest BCUT2D eigenvalue weighted by Gasteiger charge is 2.27. The third-order valence-corrected chi connectivity index (χ3v) is 4.28. The summed E-state index contributed by atoms with van der Waals surface area (Å²) in [5.74, 6) is 2.47. The number of Topliss-reactive ketones (excluding diaryl/α,β-unsaturated/α-hetero) is 1. The van der Waals surface area contributed by atoms with Crippen LogP contribution < -0.4 is 18.9 Å². The summed E-state index contributed by atoms with van der Waals surface area (Å²) in [5, 5.41) is 0. The van der Waals surface area contributed by atoms with E-state index in [1.165, 1.54) is 0 Å². The second-order valence-electron chi connectivity index (χ2n) is 5.65. The molecule has 2 aromatic rings. The molecule has 130 valence electrons. The van der Waals surface area contributed by atoms with E-state index in [1.54, 1.807) is 34.5 Å². The number of allylic oxidation sites excluding steroid dienone is 1. The molecule has 0 spiro atoms. The maximum Gasteiger partial charge on any atom is 0.189 e. The first-order chi connectivity index (χ1) is 12.1. The van der Waals surface area contributed by atoms with Crippen LogP contribution in [-0.4, -0.2) is 34.2 Å². The first-order valence-corrected chi connectivity index (χ1v) is 7.83. The Kier molecular flexibility index (Phi) is 4.65. The zero-order valence-electron chi connectivity index (χ0n) is 14.7. The van der Waals surface area contributed by atoms with Gasteiger partial charge in [-0.1, -0.05) is 6.07 Å². The quantitative estimate of drug-likeness (QED) is 0.779. The van der Waals surface area contributed by atoms with Gasteiger partial charge in [0.2, 0.25) is 0 Å². The molecule has 0 unspecified atom stereocenters. The largest absolute Gasteiger partial charge is 0.493 e.